The molecular weight excluding hydrogens is 843 g/mol. The first-order valence-electron chi connectivity index (χ1n) is 28.4. The van der Waals surface area contributed by atoms with Gasteiger partial charge >= 0.3 is 11.9 Å². The van der Waals surface area contributed by atoms with Crippen LogP contribution in [0.1, 0.15) is 252 Å². The molecule has 0 aliphatic rings. The van der Waals surface area contributed by atoms with Crippen LogP contribution in [0.5, 0.6) is 0 Å². The molecule has 0 aromatic rings. The lowest BCUT2D eigenvalue weighted by Crippen LogP contribution is -2.27. The summed E-state index contributed by atoms with van der Waals surface area (Å²) in [6.45, 7) is 15.7. The normalized spacial score (nSPS) is 12.0. The summed E-state index contributed by atoms with van der Waals surface area (Å²) in [5, 5.41) is 9.47. The molecule has 0 aromatic heterocycles. The van der Waals surface area contributed by atoms with Crippen LogP contribution in [0.3, 0.4) is 0 Å². The van der Waals surface area contributed by atoms with E-state index in [4.69, 9.17) is 28.4 Å². The topological polar surface area (TPSA) is 113 Å². The maximum absolute atomic E-state index is 12.6. The minimum Gasteiger partial charge on any atom is -0.466 e. The molecule has 1 N–H and O–H groups in total. The molecule has 10 nitrogen and oxygen atoms in total. The standard InChI is InChI=1S/C57H109NO9/c1-5-9-13-17-25-35-50-64-56(65-51-36-26-18-14-10-6-2)42-40-54(60)62-48-33-29-21-23-31-44-58(46-39-47-59)45-32-24-22-30-34-49-63-55(61)41-43-57(66-52-37-27-19-15-11-7-3)67-53-38-28-20-16-12-8-4/h9-10,13-14,56-57,59H,5-8,11-12,15-53H2,1-4H3/b13-9-,14-10-. The molecule has 0 fully saturated rings. The highest BCUT2D eigenvalue weighted by Gasteiger charge is 2.15. The van der Waals surface area contributed by atoms with Crippen LogP contribution in [0, 0.1) is 0 Å². The molecule has 10 heteroatoms. The van der Waals surface area contributed by atoms with Gasteiger partial charge in [-0.05, 0) is 109 Å². The predicted molar refractivity (Wildman–Crippen MR) is 279 cm³/mol. The number of carbonyl (C=O) groups excluding carboxylic acids is 2. The van der Waals surface area contributed by atoms with Gasteiger partial charge in [-0.2, -0.15) is 0 Å². The number of rotatable bonds is 55. The fraction of sp³-hybridized carbons (Fsp3) is 0.895. The molecule has 0 saturated carbocycles. The summed E-state index contributed by atoms with van der Waals surface area (Å²) in [4.78, 5) is 27.6. The highest BCUT2D eigenvalue weighted by atomic mass is 16.7. The second-order valence-corrected chi connectivity index (χ2v) is 18.6. The summed E-state index contributed by atoms with van der Waals surface area (Å²) in [5.74, 6) is -0.321. The lowest BCUT2D eigenvalue weighted by Gasteiger charge is -2.22. The van der Waals surface area contributed by atoms with Crippen LogP contribution >= 0.6 is 0 Å². The van der Waals surface area contributed by atoms with Crippen molar-refractivity contribution in [2.45, 2.75) is 265 Å². The SMILES string of the molecule is CC/C=C\CCCCOC(CCC(=O)OCCCCCCCN(CCCO)CCCCCCCOC(=O)CCC(OCCCCCCCC)OCCCCCCCC)OCCCC/C=C\CC. The molecule has 0 aromatic carbocycles. The quantitative estimate of drug-likeness (QED) is 0.0274. The Bertz CT molecular complexity index is 1030. The molecule has 67 heavy (non-hydrogen) atoms. The Labute approximate surface area is 413 Å². The van der Waals surface area contributed by atoms with Crippen molar-refractivity contribution in [1.82, 2.24) is 4.90 Å². The molecule has 0 heterocycles. The van der Waals surface area contributed by atoms with E-state index in [2.05, 4.69) is 56.9 Å². The van der Waals surface area contributed by atoms with Crippen LogP contribution in [0.2, 0.25) is 0 Å². The summed E-state index contributed by atoms with van der Waals surface area (Å²) in [6, 6.07) is 0. The van der Waals surface area contributed by atoms with Gasteiger partial charge in [0.25, 0.3) is 0 Å². The molecule has 0 atom stereocenters. The molecule has 0 bridgehead atoms. The van der Waals surface area contributed by atoms with E-state index >= 15 is 0 Å². The van der Waals surface area contributed by atoms with Crippen molar-refractivity contribution < 1.29 is 43.1 Å². The van der Waals surface area contributed by atoms with Crippen molar-refractivity contribution >= 4 is 11.9 Å². The Morgan fingerprint density at radius 1 is 0.403 bits per heavy atom. The molecular formula is C57H109NO9. The first-order valence-corrected chi connectivity index (χ1v) is 28.4. The summed E-state index contributed by atoms with van der Waals surface area (Å²) in [7, 11) is 0. The number of ether oxygens (including phenoxy) is 6. The third-order valence-corrected chi connectivity index (χ3v) is 12.1. The van der Waals surface area contributed by atoms with Crippen molar-refractivity contribution in [1.29, 1.82) is 0 Å². The highest BCUT2D eigenvalue weighted by molar-refractivity contribution is 5.69. The van der Waals surface area contributed by atoms with E-state index in [0.717, 1.165) is 154 Å². The van der Waals surface area contributed by atoms with Crippen LogP contribution in [0.25, 0.3) is 0 Å². The number of allylic oxidation sites excluding steroid dienone is 4. The summed E-state index contributed by atoms with van der Waals surface area (Å²) >= 11 is 0. The van der Waals surface area contributed by atoms with E-state index in [9.17, 15) is 14.7 Å². The monoisotopic (exact) mass is 952 g/mol. The zero-order valence-corrected chi connectivity index (χ0v) is 44.4. The van der Waals surface area contributed by atoms with Gasteiger partial charge in [-0.3, -0.25) is 9.59 Å². The molecule has 0 aliphatic heterocycles. The number of aliphatic hydroxyl groups is 1. The Morgan fingerprint density at radius 3 is 1.10 bits per heavy atom. The van der Waals surface area contributed by atoms with E-state index in [1.54, 1.807) is 0 Å². The number of hydrogen-bond acceptors (Lipinski definition) is 10. The van der Waals surface area contributed by atoms with E-state index in [-0.39, 0.29) is 31.1 Å². The van der Waals surface area contributed by atoms with Crippen LogP contribution < -0.4 is 0 Å². The molecule has 0 radical (unpaired) electrons. The zero-order chi connectivity index (χ0) is 48.8. The van der Waals surface area contributed by atoms with Crippen molar-refractivity contribution in [3.8, 4) is 0 Å². The number of carbonyl (C=O) groups is 2. The van der Waals surface area contributed by atoms with Gasteiger partial charge in [-0.15, -0.1) is 0 Å². The molecule has 0 unspecified atom stereocenters. The van der Waals surface area contributed by atoms with Crippen LogP contribution in [-0.4, -0.2) is 100 Å². The average molecular weight is 952 g/mol. The molecule has 396 valence electrons. The number of aliphatic hydroxyl groups excluding tert-OH is 1. The van der Waals surface area contributed by atoms with E-state index in [0.29, 0.717) is 65.3 Å². The van der Waals surface area contributed by atoms with Gasteiger partial charge in [-0.1, -0.05) is 155 Å². The fourth-order valence-electron chi connectivity index (χ4n) is 7.90. The Morgan fingerprint density at radius 2 is 0.731 bits per heavy atom. The molecule has 0 amide bonds. The van der Waals surface area contributed by atoms with Crippen LogP contribution in [-0.2, 0) is 38.0 Å². The van der Waals surface area contributed by atoms with E-state index in [1.165, 1.54) is 64.2 Å². The first kappa shape index (κ1) is 65.2. The van der Waals surface area contributed by atoms with Crippen molar-refractivity contribution in [2.75, 3.05) is 65.9 Å². The lowest BCUT2D eigenvalue weighted by molar-refractivity contribution is -0.159. The molecule has 0 spiro atoms. The Balaban J connectivity index is 4.22. The van der Waals surface area contributed by atoms with Gasteiger partial charge in [0, 0.05) is 52.4 Å². The smallest absolute Gasteiger partial charge is 0.305 e. The first-order chi connectivity index (χ1) is 33.0. The molecule has 0 saturated heterocycles. The Hall–Kier alpha value is -1.82. The molecule has 0 aliphatic carbocycles. The predicted octanol–water partition coefficient (Wildman–Crippen LogP) is 14.9. The van der Waals surface area contributed by atoms with E-state index in [1.807, 2.05) is 0 Å². The number of nitrogens with zero attached hydrogens (tertiary/aromatic N) is 1. The van der Waals surface area contributed by atoms with Crippen molar-refractivity contribution in [3.63, 3.8) is 0 Å². The third kappa shape index (κ3) is 50.4. The lowest BCUT2D eigenvalue weighted by atomic mass is 10.1. The zero-order valence-electron chi connectivity index (χ0n) is 44.4. The summed E-state index contributed by atoms with van der Waals surface area (Å²) in [6.07, 6.45) is 44.6. The summed E-state index contributed by atoms with van der Waals surface area (Å²) in [5.41, 5.74) is 0. The summed E-state index contributed by atoms with van der Waals surface area (Å²) < 4.78 is 35.5. The maximum Gasteiger partial charge on any atom is 0.305 e. The molecule has 0 rings (SSSR count). The van der Waals surface area contributed by atoms with E-state index < -0.39 is 0 Å². The Kier molecular flexibility index (Phi) is 53.6. The van der Waals surface area contributed by atoms with Crippen LogP contribution in [0.15, 0.2) is 24.3 Å². The minimum atomic E-state index is -0.361. The van der Waals surface area contributed by atoms with Gasteiger partial charge < -0.3 is 38.4 Å². The van der Waals surface area contributed by atoms with Gasteiger partial charge in [0.05, 0.1) is 26.1 Å². The maximum atomic E-state index is 12.6. The van der Waals surface area contributed by atoms with Gasteiger partial charge in [0.2, 0.25) is 0 Å². The van der Waals surface area contributed by atoms with Gasteiger partial charge in [-0.25, -0.2) is 0 Å². The fourth-order valence-corrected chi connectivity index (χ4v) is 7.90. The van der Waals surface area contributed by atoms with Crippen molar-refractivity contribution in [2.24, 2.45) is 0 Å². The largest absolute Gasteiger partial charge is 0.466 e. The second-order valence-electron chi connectivity index (χ2n) is 18.6. The second kappa shape index (κ2) is 55.1. The highest BCUT2D eigenvalue weighted by Crippen LogP contribution is 2.15. The van der Waals surface area contributed by atoms with Crippen molar-refractivity contribution in [3.05, 3.63) is 24.3 Å². The number of esters is 2. The van der Waals surface area contributed by atoms with Crippen LogP contribution in [0.4, 0.5) is 0 Å². The number of hydrogen-bond donors (Lipinski definition) is 1. The number of unbranched alkanes of at least 4 members (excludes halogenated alkanes) is 22. The minimum absolute atomic E-state index is 0.152. The average Bonchev–Trinajstić information content (AvgIpc) is 3.33. The van der Waals surface area contributed by atoms with Gasteiger partial charge in [0.15, 0.2) is 12.6 Å². The third-order valence-electron chi connectivity index (χ3n) is 12.1. The van der Waals surface area contributed by atoms with Gasteiger partial charge in [0.1, 0.15) is 0 Å².